The average molecular weight is 431 g/mol. The molecule has 0 spiro atoms. The maximum absolute atomic E-state index is 12.9. The minimum atomic E-state index is -0.620. The number of nitro benzene ring substituents is 1. The summed E-state index contributed by atoms with van der Waals surface area (Å²) in [5, 5.41) is 13.7. The third-order valence-corrected chi connectivity index (χ3v) is 5.98. The summed E-state index contributed by atoms with van der Waals surface area (Å²) < 4.78 is 5.11. The summed E-state index contributed by atoms with van der Waals surface area (Å²) in [5.74, 6) is -1.33. The van der Waals surface area contributed by atoms with Gasteiger partial charge in [0.05, 0.1) is 22.0 Å². The number of likely N-dealkylation sites (tertiary alicyclic amines) is 1. The number of nitrogens with zero attached hydrogens (tertiary/aromatic N) is 2. The van der Waals surface area contributed by atoms with Crippen LogP contribution in [-0.2, 0) is 4.74 Å². The summed E-state index contributed by atoms with van der Waals surface area (Å²) in [5.41, 5.74) is 0.673. The van der Waals surface area contributed by atoms with Crippen LogP contribution in [0.3, 0.4) is 0 Å². The predicted octanol–water partition coefficient (Wildman–Crippen LogP) is 3.63. The molecule has 1 N–H and O–H groups in total. The van der Waals surface area contributed by atoms with Gasteiger partial charge in [0.25, 0.3) is 17.5 Å². The second-order valence-corrected chi connectivity index (χ2v) is 7.76. The normalized spacial score (nSPS) is 13.2. The minimum Gasteiger partial charge on any atom is -0.462 e. The van der Waals surface area contributed by atoms with Crippen molar-refractivity contribution >= 4 is 39.8 Å². The van der Waals surface area contributed by atoms with Gasteiger partial charge in [0, 0.05) is 30.8 Å². The molecule has 10 heteroatoms. The molecule has 1 aliphatic heterocycles. The van der Waals surface area contributed by atoms with E-state index in [2.05, 4.69) is 5.32 Å². The number of hydrogen-bond acceptors (Lipinski definition) is 7. The van der Waals surface area contributed by atoms with Crippen LogP contribution in [0.1, 0.15) is 55.7 Å². The van der Waals surface area contributed by atoms with E-state index in [0.717, 1.165) is 24.2 Å². The molecule has 0 unspecified atom stereocenters. The quantitative estimate of drug-likeness (QED) is 0.424. The summed E-state index contributed by atoms with van der Waals surface area (Å²) in [6.45, 7) is 4.81. The maximum Gasteiger partial charge on any atom is 0.341 e. The van der Waals surface area contributed by atoms with Gasteiger partial charge in [0.1, 0.15) is 5.00 Å². The molecule has 1 aliphatic rings. The standard InChI is InChI=1S/C20H21N3O6S/c1-3-29-20(26)15-12(2)16(19(25)22-10-4-5-11-22)30-18(15)21-17(24)13-6-8-14(9-7-13)23(27)28/h6-9H,3-5,10-11H2,1-2H3,(H,21,24). The van der Waals surface area contributed by atoms with Crippen molar-refractivity contribution in [3.05, 3.63) is 55.9 Å². The summed E-state index contributed by atoms with van der Waals surface area (Å²) in [4.78, 5) is 50.4. The molecule has 0 atom stereocenters. The van der Waals surface area contributed by atoms with Gasteiger partial charge in [-0.2, -0.15) is 0 Å². The van der Waals surface area contributed by atoms with Gasteiger partial charge in [-0.15, -0.1) is 11.3 Å². The lowest BCUT2D eigenvalue weighted by Crippen LogP contribution is -2.27. The van der Waals surface area contributed by atoms with Crippen LogP contribution >= 0.6 is 11.3 Å². The van der Waals surface area contributed by atoms with Gasteiger partial charge in [-0.3, -0.25) is 19.7 Å². The smallest absolute Gasteiger partial charge is 0.341 e. The number of thiophene rings is 1. The third kappa shape index (κ3) is 4.33. The van der Waals surface area contributed by atoms with E-state index < -0.39 is 16.8 Å². The van der Waals surface area contributed by atoms with E-state index >= 15 is 0 Å². The molecular weight excluding hydrogens is 410 g/mol. The van der Waals surface area contributed by atoms with E-state index in [1.54, 1.807) is 18.7 Å². The Hall–Kier alpha value is -3.27. The molecule has 158 valence electrons. The highest BCUT2D eigenvalue weighted by atomic mass is 32.1. The largest absolute Gasteiger partial charge is 0.462 e. The van der Waals surface area contributed by atoms with Crippen molar-refractivity contribution in [2.24, 2.45) is 0 Å². The van der Waals surface area contributed by atoms with Gasteiger partial charge in [0.2, 0.25) is 0 Å². The first-order valence-corrected chi connectivity index (χ1v) is 10.3. The van der Waals surface area contributed by atoms with Crippen LogP contribution in [0.15, 0.2) is 24.3 Å². The molecule has 0 saturated carbocycles. The van der Waals surface area contributed by atoms with Crippen molar-refractivity contribution in [3.8, 4) is 0 Å². The van der Waals surface area contributed by atoms with Gasteiger partial charge in [-0.1, -0.05) is 0 Å². The molecule has 1 fully saturated rings. The first kappa shape index (κ1) is 21.4. The van der Waals surface area contributed by atoms with E-state index in [1.165, 1.54) is 24.3 Å². The number of rotatable bonds is 6. The molecule has 0 bridgehead atoms. The second-order valence-electron chi connectivity index (χ2n) is 6.74. The maximum atomic E-state index is 12.9. The van der Waals surface area contributed by atoms with Crippen molar-refractivity contribution in [2.75, 3.05) is 25.0 Å². The van der Waals surface area contributed by atoms with Gasteiger partial charge in [-0.25, -0.2) is 4.79 Å². The Morgan fingerprint density at radius 1 is 1.20 bits per heavy atom. The monoisotopic (exact) mass is 431 g/mol. The first-order chi connectivity index (χ1) is 14.3. The highest BCUT2D eigenvalue weighted by Crippen LogP contribution is 2.35. The molecule has 1 aromatic carbocycles. The number of anilines is 1. The number of non-ortho nitro benzene ring substituents is 1. The van der Waals surface area contributed by atoms with Crippen molar-refractivity contribution in [2.45, 2.75) is 26.7 Å². The molecule has 2 heterocycles. The fraction of sp³-hybridized carbons (Fsp3) is 0.350. The number of ether oxygens (including phenoxy) is 1. The third-order valence-electron chi connectivity index (χ3n) is 4.78. The SMILES string of the molecule is CCOC(=O)c1c(NC(=O)c2ccc([N+](=O)[O-])cc2)sc(C(=O)N2CCCC2)c1C. The van der Waals surface area contributed by atoms with Crippen LogP contribution in [0.5, 0.6) is 0 Å². The highest BCUT2D eigenvalue weighted by molar-refractivity contribution is 7.18. The lowest BCUT2D eigenvalue weighted by atomic mass is 10.1. The van der Waals surface area contributed by atoms with Crippen molar-refractivity contribution in [3.63, 3.8) is 0 Å². The average Bonchev–Trinajstić information content (AvgIpc) is 3.36. The topological polar surface area (TPSA) is 119 Å². The van der Waals surface area contributed by atoms with Gasteiger partial charge in [0.15, 0.2) is 0 Å². The number of carbonyl (C=O) groups is 3. The Balaban J connectivity index is 1.92. The van der Waals surface area contributed by atoms with Crippen LogP contribution in [0.4, 0.5) is 10.7 Å². The minimum absolute atomic E-state index is 0.135. The van der Waals surface area contributed by atoms with Gasteiger partial charge < -0.3 is 15.0 Å². The molecule has 0 radical (unpaired) electrons. The molecule has 3 rings (SSSR count). The number of hydrogen-bond donors (Lipinski definition) is 1. The number of nitro groups is 1. The molecular formula is C20H21N3O6S. The van der Waals surface area contributed by atoms with E-state index in [4.69, 9.17) is 4.74 Å². The van der Waals surface area contributed by atoms with E-state index in [1.807, 2.05) is 0 Å². The Morgan fingerprint density at radius 2 is 1.83 bits per heavy atom. The molecule has 2 amide bonds. The summed E-state index contributed by atoms with van der Waals surface area (Å²) in [6.07, 6.45) is 1.87. The predicted molar refractivity (Wildman–Crippen MR) is 111 cm³/mol. The summed E-state index contributed by atoms with van der Waals surface area (Å²) >= 11 is 1.03. The van der Waals surface area contributed by atoms with Crippen molar-refractivity contribution in [1.29, 1.82) is 0 Å². The zero-order valence-electron chi connectivity index (χ0n) is 16.6. The fourth-order valence-corrected chi connectivity index (χ4v) is 4.39. The Morgan fingerprint density at radius 3 is 2.40 bits per heavy atom. The second kappa shape index (κ2) is 9.04. The fourth-order valence-electron chi connectivity index (χ4n) is 3.23. The zero-order chi connectivity index (χ0) is 21.8. The van der Waals surface area contributed by atoms with Crippen LogP contribution in [-0.4, -0.2) is 47.3 Å². The van der Waals surface area contributed by atoms with E-state index in [9.17, 15) is 24.5 Å². The molecule has 30 heavy (non-hydrogen) atoms. The van der Waals surface area contributed by atoms with Crippen LogP contribution in [0.2, 0.25) is 0 Å². The molecule has 0 aliphatic carbocycles. The Kier molecular flexibility index (Phi) is 6.46. The lowest BCUT2D eigenvalue weighted by molar-refractivity contribution is -0.384. The van der Waals surface area contributed by atoms with E-state index in [0.29, 0.717) is 23.5 Å². The van der Waals surface area contributed by atoms with Crippen LogP contribution in [0, 0.1) is 17.0 Å². The van der Waals surface area contributed by atoms with Crippen molar-refractivity contribution < 1.29 is 24.0 Å². The Bertz CT molecular complexity index is 993. The summed E-state index contributed by atoms with van der Waals surface area (Å²) in [6, 6.07) is 5.11. The van der Waals surface area contributed by atoms with Crippen LogP contribution < -0.4 is 5.32 Å². The Labute approximate surface area is 176 Å². The number of amides is 2. The number of benzene rings is 1. The number of esters is 1. The number of nitrogens with one attached hydrogen (secondary N) is 1. The van der Waals surface area contributed by atoms with Gasteiger partial charge in [-0.05, 0) is 44.4 Å². The lowest BCUT2D eigenvalue weighted by Gasteiger charge is -2.14. The highest BCUT2D eigenvalue weighted by Gasteiger charge is 2.30. The zero-order valence-corrected chi connectivity index (χ0v) is 17.4. The van der Waals surface area contributed by atoms with Crippen LogP contribution in [0.25, 0.3) is 0 Å². The summed E-state index contributed by atoms with van der Waals surface area (Å²) in [7, 11) is 0. The molecule has 1 aromatic heterocycles. The van der Waals surface area contributed by atoms with Gasteiger partial charge >= 0.3 is 5.97 Å². The molecule has 9 nitrogen and oxygen atoms in total. The molecule has 2 aromatic rings. The molecule has 1 saturated heterocycles. The van der Waals surface area contributed by atoms with E-state index in [-0.39, 0.29) is 34.3 Å². The first-order valence-electron chi connectivity index (χ1n) is 9.49. The number of carbonyl (C=O) groups excluding carboxylic acids is 3. The van der Waals surface area contributed by atoms with Crippen molar-refractivity contribution in [1.82, 2.24) is 4.90 Å².